The number of non-ortho nitro benzene ring substituents is 1. The molecule has 0 aromatic heterocycles. The highest BCUT2D eigenvalue weighted by Crippen LogP contribution is 2.28. The Labute approximate surface area is 211 Å². The number of carbonyl (C=O) groups is 2. The van der Waals surface area contributed by atoms with Crippen molar-refractivity contribution in [1.29, 1.82) is 0 Å². The molecule has 1 atom stereocenters. The predicted molar refractivity (Wildman–Crippen MR) is 136 cm³/mol. The van der Waals surface area contributed by atoms with Gasteiger partial charge >= 0.3 is 0 Å². The number of amides is 2. The Bertz CT molecular complexity index is 1200. The van der Waals surface area contributed by atoms with Gasteiger partial charge in [0.1, 0.15) is 18.3 Å². The van der Waals surface area contributed by atoms with Gasteiger partial charge in [0.05, 0.1) is 24.0 Å². The monoisotopic (exact) mass is 520 g/mol. The molecule has 0 aliphatic heterocycles. The number of carbonyl (C=O) groups excluding carboxylic acids is 2. The van der Waals surface area contributed by atoms with Crippen LogP contribution in [0.25, 0.3) is 0 Å². The number of methoxy groups -OCH3 is 1. The lowest BCUT2D eigenvalue weighted by atomic mass is 10.1. The fourth-order valence-corrected chi connectivity index (χ4v) is 4.61. The highest BCUT2D eigenvalue weighted by atomic mass is 32.2. The predicted octanol–water partition coefficient (Wildman–Crippen LogP) is 2.62. The number of rotatable bonds is 12. The van der Waals surface area contributed by atoms with E-state index in [1.54, 1.807) is 45.0 Å². The lowest BCUT2D eigenvalue weighted by Gasteiger charge is -2.33. The zero-order valence-corrected chi connectivity index (χ0v) is 21.9. The highest BCUT2D eigenvalue weighted by Gasteiger charge is 2.32. The van der Waals surface area contributed by atoms with Gasteiger partial charge in [-0.25, -0.2) is 8.42 Å². The van der Waals surface area contributed by atoms with E-state index < -0.39 is 33.4 Å². The number of sulfonamides is 1. The van der Waals surface area contributed by atoms with Crippen LogP contribution in [0.1, 0.15) is 31.4 Å². The molecule has 0 radical (unpaired) electrons. The third-order valence-electron chi connectivity index (χ3n) is 5.60. The Morgan fingerprint density at radius 1 is 1.14 bits per heavy atom. The van der Waals surface area contributed by atoms with Crippen LogP contribution in [-0.2, 0) is 26.2 Å². The second kappa shape index (κ2) is 12.3. The molecular weight excluding hydrogens is 488 g/mol. The first kappa shape index (κ1) is 28.6. The Morgan fingerprint density at radius 2 is 1.78 bits per heavy atom. The van der Waals surface area contributed by atoms with Crippen molar-refractivity contribution in [2.24, 2.45) is 0 Å². The lowest BCUT2D eigenvalue weighted by Crippen LogP contribution is -2.52. The smallest absolute Gasteiger partial charge is 0.271 e. The normalized spacial score (nSPS) is 11.9. The van der Waals surface area contributed by atoms with Crippen LogP contribution < -0.4 is 14.4 Å². The van der Waals surface area contributed by atoms with E-state index in [4.69, 9.17) is 4.74 Å². The molecule has 2 aromatic rings. The van der Waals surface area contributed by atoms with Gasteiger partial charge in [-0.2, -0.15) is 0 Å². The van der Waals surface area contributed by atoms with Gasteiger partial charge in [0.25, 0.3) is 5.69 Å². The summed E-state index contributed by atoms with van der Waals surface area (Å²) in [6.45, 7) is 4.89. The van der Waals surface area contributed by atoms with E-state index >= 15 is 0 Å². The summed E-state index contributed by atoms with van der Waals surface area (Å²) < 4.78 is 31.4. The molecule has 0 saturated heterocycles. The first-order chi connectivity index (χ1) is 16.9. The highest BCUT2D eigenvalue weighted by molar-refractivity contribution is 7.92. The largest absolute Gasteiger partial charge is 0.497 e. The summed E-state index contributed by atoms with van der Waals surface area (Å²) in [5.74, 6) is -0.364. The molecule has 0 spiro atoms. The summed E-state index contributed by atoms with van der Waals surface area (Å²) in [4.78, 5) is 38.4. The molecule has 36 heavy (non-hydrogen) atoms. The number of ether oxygens (including phenoxy) is 1. The molecule has 0 saturated carbocycles. The molecule has 0 heterocycles. The molecule has 2 aromatic carbocycles. The van der Waals surface area contributed by atoms with Crippen LogP contribution in [0.3, 0.4) is 0 Å². The van der Waals surface area contributed by atoms with Gasteiger partial charge in [-0.15, -0.1) is 0 Å². The first-order valence-electron chi connectivity index (χ1n) is 11.4. The lowest BCUT2D eigenvalue weighted by molar-refractivity contribution is -0.384. The van der Waals surface area contributed by atoms with Crippen molar-refractivity contribution >= 4 is 33.2 Å². The molecule has 0 aliphatic rings. The van der Waals surface area contributed by atoms with Crippen molar-refractivity contribution in [3.05, 3.63) is 63.7 Å². The fourth-order valence-electron chi connectivity index (χ4n) is 3.71. The molecular formula is C24H32N4O7S. The Morgan fingerprint density at radius 3 is 2.28 bits per heavy atom. The third kappa shape index (κ3) is 7.17. The minimum atomic E-state index is -4.01. The van der Waals surface area contributed by atoms with Crippen LogP contribution in [0.2, 0.25) is 0 Å². The minimum Gasteiger partial charge on any atom is -0.497 e. The van der Waals surface area contributed by atoms with E-state index in [0.717, 1.165) is 16.6 Å². The van der Waals surface area contributed by atoms with Gasteiger partial charge < -0.3 is 15.0 Å². The molecule has 0 unspecified atom stereocenters. The summed E-state index contributed by atoms with van der Waals surface area (Å²) in [6.07, 6.45) is 1.22. The number of nitrogens with zero attached hydrogens (tertiary/aromatic N) is 3. The number of nitro groups is 1. The van der Waals surface area contributed by atoms with Gasteiger partial charge in [0.15, 0.2) is 0 Å². The molecule has 1 N–H and O–H groups in total. The molecule has 0 bridgehead atoms. The summed E-state index contributed by atoms with van der Waals surface area (Å²) >= 11 is 0. The average molecular weight is 521 g/mol. The second-order valence-electron chi connectivity index (χ2n) is 8.19. The zero-order chi connectivity index (χ0) is 27.0. The van der Waals surface area contributed by atoms with Gasteiger partial charge in [0.2, 0.25) is 21.8 Å². The summed E-state index contributed by atoms with van der Waals surface area (Å²) in [6, 6.07) is 9.91. The van der Waals surface area contributed by atoms with Crippen molar-refractivity contribution in [1.82, 2.24) is 10.2 Å². The first-order valence-corrected chi connectivity index (χ1v) is 13.2. The van der Waals surface area contributed by atoms with Crippen molar-refractivity contribution < 1.29 is 27.7 Å². The molecule has 0 aliphatic carbocycles. The summed E-state index contributed by atoms with van der Waals surface area (Å²) in [5.41, 5.74) is 0.872. The minimum absolute atomic E-state index is 0.0236. The summed E-state index contributed by atoms with van der Waals surface area (Å²) in [5, 5.41) is 14.0. The SMILES string of the molecule is CCNC(=O)[C@@H](CC)N(Cc1ccc(OC)cc1)C(=O)CN(c1cc([N+](=O)[O-])ccc1C)S(C)(=O)=O. The number of aryl methyl sites for hydroxylation is 1. The van der Waals surface area contributed by atoms with Crippen LogP contribution in [0.4, 0.5) is 11.4 Å². The van der Waals surface area contributed by atoms with Gasteiger partial charge in [0, 0.05) is 25.2 Å². The van der Waals surface area contributed by atoms with Crippen LogP contribution in [0, 0.1) is 17.0 Å². The van der Waals surface area contributed by atoms with E-state index in [1.165, 1.54) is 24.1 Å². The molecule has 196 valence electrons. The van der Waals surface area contributed by atoms with Gasteiger partial charge in [-0.05, 0) is 43.5 Å². The maximum absolute atomic E-state index is 13.6. The van der Waals surface area contributed by atoms with Crippen molar-refractivity contribution in [2.75, 3.05) is 30.8 Å². The number of likely N-dealkylation sites (N-methyl/N-ethyl adjacent to an activating group) is 1. The molecule has 2 rings (SSSR count). The average Bonchev–Trinajstić information content (AvgIpc) is 2.82. The Hall–Kier alpha value is -3.67. The van der Waals surface area contributed by atoms with Crippen molar-refractivity contribution in [3.63, 3.8) is 0 Å². The van der Waals surface area contributed by atoms with Crippen LogP contribution >= 0.6 is 0 Å². The molecule has 12 heteroatoms. The number of nitrogens with one attached hydrogen (secondary N) is 1. The molecule has 11 nitrogen and oxygen atoms in total. The number of hydrogen-bond acceptors (Lipinski definition) is 7. The van der Waals surface area contributed by atoms with E-state index in [1.807, 2.05) is 0 Å². The molecule has 2 amide bonds. The van der Waals surface area contributed by atoms with E-state index in [9.17, 15) is 28.1 Å². The third-order valence-corrected chi connectivity index (χ3v) is 6.73. The maximum atomic E-state index is 13.6. The quantitative estimate of drug-likeness (QED) is 0.335. The van der Waals surface area contributed by atoms with E-state index in [-0.39, 0.29) is 23.8 Å². The number of anilines is 1. The Kier molecular flexibility index (Phi) is 9.79. The molecule has 0 fully saturated rings. The topological polar surface area (TPSA) is 139 Å². The van der Waals surface area contributed by atoms with Crippen molar-refractivity contribution in [3.8, 4) is 5.75 Å². The summed E-state index contributed by atoms with van der Waals surface area (Å²) in [7, 11) is -2.48. The number of nitro benzene ring substituents is 1. The second-order valence-corrected chi connectivity index (χ2v) is 10.1. The fraction of sp³-hybridized carbons (Fsp3) is 0.417. The van der Waals surface area contributed by atoms with E-state index in [0.29, 0.717) is 29.8 Å². The number of hydrogen-bond donors (Lipinski definition) is 1. The zero-order valence-electron chi connectivity index (χ0n) is 21.1. The van der Waals surface area contributed by atoms with Crippen LogP contribution in [0.5, 0.6) is 5.75 Å². The van der Waals surface area contributed by atoms with Gasteiger partial charge in [-0.1, -0.05) is 25.1 Å². The van der Waals surface area contributed by atoms with E-state index in [2.05, 4.69) is 5.32 Å². The van der Waals surface area contributed by atoms with Gasteiger partial charge in [-0.3, -0.25) is 24.0 Å². The van der Waals surface area contributed by atoms with Crippen LogP contribution in [0.15, 0.2) is 42.5 Å². The Balaban J connectivity index is 2.51. The standard InChI is InChI=1S/C24H32N4O7S/c1-6-21(24(30)25-7-2)26(15-18-9-12-20(35-4)13-10-18)23(29)16-27(36(5,33)34)22-14-19(28(31)32)11-8-17(22)3/h8-14,21H,6-7,15-16H2,1-5H3,(H,25,30)/t21-/m1/s1. The number of benzene rings is 2. The van der Waals surface area contributed by atoms with Crippen molar-refractivity contribution in [2.45, 2.75) is 39.8 Å². The maximum Gasteiger partial charge on any atom is 0.271 e. The van der Waals surface area contributed by atoms with Crippen LogP contribution in [-0.4, -0.2) is 62.6 Å².